The third-order valence-corrected chi connectivity index (χ3v) is 27.4. The van der Waals surface area contributed by atoms with Gasteiger partial charge in [0.15, 0.2) is 0 Å². The van der Waals surface area contributed by atoms with E-state index < -0.39 is 42.8 Å². The molecule has 1 fully saturated rings. The normalized spacial score (nSPS) is 20.6. The Morgan fingerprint density at radius 3 is 1.04 bits per heavy atom. The number of hydrogen-bond donors (Lipinski definition) is 0. The second kappa shape index (κ2) is 23.7. The van der Waals surface area contributed by atoms with Crippen molar-refractivity contribution in [3.05, 3.63) is 0 Å². The summed E-state index contributed by atoms with van der Waals surface area (Å²) in [5, 5.41) is 0. The summed E-state index contributed by atoms with van der Waals surface area (Å²) in [4.78, 5) is 12.0. The zero-order chi connectivity index (χ0) is 35.3. The Morgan fingerprint density at radius 1 is 0.435 bits per heavy atom. The quantitative estimate of drug-likeness (QED) is 0.0699. The average Bonchev–Trinajstić information content (AvgIpc) is 2.86. The molecule has 0 aromatic carbocycles. The molecule has 0 aliphatic carbocycles. The van der Waals surface area contributed by atoms with Gasteiger partial charge in [0.2, 0.25) is 0 Å². The smallest absolute Gasteiger partial charge is 0.314 e. The molecule has 0 aromatic rings. The van der Waals surface area contributed by atoms with E-state index in [1.807, 2.05) is 0 Å². The van der Waals surface area contributed by atoms with Gasteiger partial charge in [0.1, 0.15) is 6.10 Å². The van der Waals surface area contributed by atoms with Gasteiger partial charge in [0, 0.05) is 6.42 Å². The van der Waals surface area contributed by atoms with Crippen LogP contribution in [0.15, 0.2) is 0 Å². The molecule has 0 radical (unpaired) electrons. The Labute approximate surface area is 292 Å². The predicted molar refractivity (Wildman–Crippen MR) is 207 cm³/mol. The van der Waals surface area contributed by atoms with Crippen LogP contribution in [0.2, 0.25) is 65.5 Å². The summed E-state index contributed by atoms with van der Waals surface area (Å²) in [6.07, 6.45) is 23.7. The lowest BCUT2D eigenvalue weighted by atomic mass is 10.0. The van der Waals surface area contributed by atoms with Crippen LogP contribution in [0.1, 0.15) is 143 Å². The van der Waals surface area contributed by atoms with Crippen molar-refractivity contribution in [2.24, 2.45) is 0 Å². The second-order valence-corrected chi connectivity index (χ2v) is 33.6. The lowest BCUT2D eigenvalue weighted by Gasteiger charge is -2.46. The van der Waals surface area contributed by atoms with E-state index in [1.54, 1.807) is 0 Å². The molecular formula is C34H78O7Si5. The summed E-state index contributed by atoms with van der Waals surface area (Å²) in [5.74, 6) is 0.0302. The Morgan fingerprint density at radius 2 is 0.739 bits per heavy atom. The minimum absolute atomic E-state index is 0.0302. The van der Waals surface area contributed by atoms with Crippen LogP contribution in [-0.4, -0.2) is 54.9 Å². The first kappa shape index (κ1) is 46.4. The summed E-state index contributed by atoms with van der Waals surface area (Å²) in [6.45, 7) is 27.4. The Hall–Kier alpha value is 0.354. The lowest BCUT2D eigenvalue weighted by molar-refractivity contribution is -0.150. The summed E-state index contributed by atoms with van der Waals surface area (Å²) >= 11 is 0. The Bertz CT molecular complexity index is 693. The van der Waals surface area contributed by atoms with E-state index in [0.717, 1.165) is 32.1 Å². The van der Waals surface area contributed by atoms with Crippen LogP contribution in [0.25, 0.3) is 0 Å². The molecule has 46 heavy (non-hydrogen) atoms. The van der Waals surface area contributed by atoms with Gasteiger partial charge in [-0.2, -0.15) is 0 Å². The molecule has 0 N–H and O–H groups in total. The van der Waals surface area contributed by atoms with Gasteiger partial charge in [-0.3, -0.25) is 4.79 Å². The second-order valence-electron chi connectivity index (χ2n) is 15.5. The highest BCUT2D eigenvalue weighted by Crippen LogP contribution is 2.30. The molecule has 1 saturated heterocycles. The molecule has 1 aliphatic rings. The van der Waals surface area contributed by atoms with Crippen LogP contribution in [0.3, 0.4) is 0 Å². The van der Waals surface area contributed by atoms with Crippen molar-refractivity contribution < 1.29 is 30.1 Å². The van der Waals surface area contributed by atoms with Crippen molar-refractivity contribution in [3.8, 4) is 0 Å². The average molecular weight is 739 g/mol. The topological polar surface area (TPSA) is 72.5 Å². The fourth-order valence-electron chi connectivity index (χ4n) is 6.61. The Balaban J connectivity index is 0.000000909. The maximum atomic E-state index is 12.0. The number of unbranched alkanes of at least 4 members (excludes halogenated alkanes) is 13. The highest BCUT2D eigenvalue weighted by atomic mass is 28.5. The van der Waals surface area contributed by atoms with Gasteiger partial charge < -0.3 is 25.3 Å². The van der Waals surface area contributed by atoms with Gasteiger partial charge >= 0.3 is 48.8 Å². The molecule has 0 amide bonds. The first-order valence-corrected chi connectivity index (χ1v) is 33.1. The largest absolute Gasteiger partial charge is 0.462 e. The third-order valence-electron chi connectivity index (χ3n) is 7.73. The van der Waals surface area contributed by atoms with E-state index in [1.165, 1.54) is 83.5 Å². The number of carbonyl (C=O) groups excluding carboxylic acids is 1. The molecule has 1 aliphatic heterocycles. The summed E-state index contributed by atoms with van der Waals surface area (Å²) in [5.41, 5.74) is 0. The highest BCUT2D eigenvalue weighted by Gasteiger charge is 2.50. The van der Waals surface area contributed by atoms with E-state index in [-0.39, 0.29) is 12.1 Å². The van der Waals surface area contributed by atoms with Gasteiger partial charge in [-0.15, -0.1) is 0 Å². The number of hydrogen-bond acceptors (Lipinski definition) is 7. The van der Waals surface area contributed by atoms with Gasteiger partial charge in [0.05, 0.1) is 0 Å². The summed E-state index contributed by atoms with van der Waals surface area (Å²) < 4.78 is 37.2. The molecule has 7 nitrogen and oxygen atoms in total. The molecule has 1 atom stereocenters. The predicted octanol–water partition coefficient (Wildman–Crippen LogP) is 12.0. The van der Waals surface area contributed by atoms with Gasteiger partial charge in [0.25, 0.3) is 0 Å². The van der Waals surface area contributed by atoms with Gasteiger partial charge in [-0.1, -0.05) is 117 Å². The monoisotopic (exact) mass is 738 g/mol. The van der Waals surface area contributed by atoms with E-state index in [0.29, 0.717) is 6.42 Å². The van der Waals surface area contributed by atoms with Crippen molar-refractivity contribution in [2.75, 3.05) is 0 Å². The van der Waals surface area contributed by atoms with E-state index in [2.05, 4.69) is 86.2 Å². The molecule has 1 unspecified atom stereocenters. The first-order valence-electron chi connectivity index (χ1n) is 19.0. The van der Waals surface area contributed by atoms with Gasteiger partial charge in [-0.05, 0) is 84.7 Å². The van der Waals surface area contributed by atoms with E-state index in [4.69, 9.17) is 25.3 Å². The molecule has 1 rings (SSSR count). The van der Waals surface area contributed by atoms with E-state index in [9.17, 15) is 4.79 Å². The zero-order valence-electron chi connectivity index (χ0n) is 32.9. The first-order chi connectivity index (χ1) is 21.3. The summed E-state index contributed by atoms with van der Waals surface area (Å²) in [6, 6.07) is 0. The third kappa shape index (κ3) is 26.3. The molecule has 0 saturated carbocycles. The maximum Gasteiger partial charge on any atom is 0.314 e. The van der Waals surface area contributed by atoms with Crippen molar-refractivity contribution in [3.63, 3.8) is 0 Å². The molecule has 276 valence electrons. The maximum absolute atomic E-state index is 12.0. The van der Waals surface area contributed by atoms with Crippen molar-refractivity contribution >= 4 is 48.8 Å². The fourth-order valence-corrected chi connectivity index (χ4v) is 33.0. The summed E-state index contributed by atoms with van der Waals surface area (Å²) in [7, 11) is -11.3. The highest BCUT2D eigenvalue weighted by molar-refractivity contribution is 6.92. The minimum atomic E-state index is -2.26. The SMILES string of the molecule is CCCCCCCCCCCCCCCC(=O)OC(CCC)CCCC.C[Si]1(C)O[Si](C)(C)O[Si](C)(C)O[Si](C)(C)O[Si](C)(C)O1. The standard InChI is InChI=1S/C24H48O2.C10H30O5Si5/c1-4-7-9-10-11-12-13-14-15-16-17-18-19-22-24(25)26-23(20-6-3)21-8-5-2;1-16(2)11-17(3,4)13-19(7,8)15-20(9,10)14-18(5,6)12-16/h23H,4-22H2,1-3H3;1-10H3. The van der Waals surface area contributed by atoms with Crippen molar-refractivity contribution in [1.82, 2.24) is 0 Å². The number of esters is 1. The van der Waals surface area contributed by atoms with Crippen LogP contribution in [0.4, 0.5) is 0 Å². The van der Waals surface area contributed by atoms with Crippen molar-refractivity contribution in [2.45, 2.75) is 214 Å². The number of carbonyl (C=O) groups is 1. The van der Waals surface area contributed by atoms with E-state index >= 15 is 0 Å². The molecule has 0 bridgehead atoms. The molecule has 0 spiro atoms. The molecular weight excluding hydrogens is 661 g/mol. The number of ether oxygens (including phenoxy) is 1. The molecule has 0 aromatic heterocycles. The molecule has 12 heteroatoms. The van der Waals surface area contributed by atoms with Crippen molar-refractivity contribution in [1.29, 1.82) is 0 Å². The molecule has 1 heterocycles. The minimum Gasteiger partial charge on any atom is -0.462 e. The zero-order valence-corrected chi connectivity index (χ0v) is 37.9. The van der Waals surface area contributed by atoms with Crippen LogP contribution < -0.4 is 0 Å². The lowest BCUT2D eigenvalue weighted by Crippen LogP contribution is -2.64. The fraction of sp³-hybridized carbons (Fsp3) is 0.971. The number of rotatable bonds is 20. The Kier molecular flexibility index (Phi) is 23.9. The van der Waals surface area contributed by atoms with Crippen LogP contribution in [-0.2, 0) is 30.1 Å². The van der Waals surface area contributed by atoms with Crippen LogP contribution >= 0.6 is 0 Å². The van der Waals surface area contributed by atoms with Crippen LogP contribution in [0, 0.1) is 0 Å². The van der Waals surface area contributed by atoms with Crippen LogP contribution in [0.5, 0.6) is 0 Å². The van der Waals surface area contributed by atoms with Gasteiger partial charge in [-0.25, -0.2) is 0 Å².